The fourth-order valence-corrected chi connectivity index (χ4v) is 3.66. The van der Waals surface area contributed by atoms with Gasteiger partial charge in [-0.05, 0) is 61.6 Å². The maximum atomic E-state index is 13.3. The van der Waals surface area contributed by atoms with E-state index in [1.54, 1.807) is 36.2 Å². The van der Waals surface area contributed by atoms with E-state index in [4.69, 9.17) is 9.84 Å². The summed E-state index contributed by atoms with van der Waals surface area (Å²) in [4.78, 5) is 25.5. The van der Waals surface area contributed by atoms with Crippen molar-refractivity contribution in [1.29, 1.82) is 0 Å². The van der Waals surface area contributed by atoms with Crippen LogP contribution in [0.5, 0.6) is 5.75 Å². The van der Waals surface area contributed by atoms with Crippen molar-refractivity contribution in [3.05, 3.63) is 59.7 Å². The summed E-state index contributed by atoms with van der Waals surface area (Å²) in [7, 11) is 1.78. The summed E-state index contributed by atoms with van der Waals surface area (Å²) in [6.45, 7) is 1.64. The molecule has 0 saturated carbocycles. The Hall–Kier alpha value is -2.82. The molecule has 136 valence electrons. The quantitative estimate of drug-likeness (QED) is 0.894. The first-order valence-corrected chi connectivity index (χ1v) is 8.73. The molecule has 0 heterocycles. The van der Waals surface area contributed by atoms with E-state index in [1.807, 2.05) is 19.1 Å². The van der Waals surface area contributed by atoms with Crippen LogP contribution in [0.2, 0.25) is 0 Å². The number of nitrogens with zero attached hydrogens (tertiary/aromatic N) is 1. The molecule has 0 spiro atoms. The highest BCUT2D eigenvalue weighted by atomic mass is 16.5. The lowest BCUT2D eigenvalue weighted by molar-refractivity contribution is -0.139. The van der Waals surface area contributed by atoms with Crippen molar-refractivity contribution in [3.8, 4) is 5.75 Å². The Morgan fingerprint density at radius 2 is 1.85 bits per heavy atom. The molecule has 1 amide bonds. The van der Waals surface area contributed by atoms with Crippen LogP contribution in [0, 0.1) is 0 Å². The average Bonchev–Trinajstić information content (AvgIpc) is 2.66. The minimum atomic E-state index is -1.02. The number of anilines is 1. The predicted octanol–water partition coefficient (Wildman–Crippen LogP) is 3.41. The monoisotopic (exact) mass is 353 g/mol. The number of carbonyl (C=O) groups is 2. The molecule has 1 aliphatic carbocycles. The summed E-state index contributed by atoms with van der Waals surface area (Å²) in [5.74, 6) is -0.500. The average molecular weight is 353 g/mol. The van der Waals surface area contributed by atoms with Gasteiger partial charge in [0.2, 0.25) is 5.91 Å². The van der Waals surface area contributed by atoms with Gasteiger partial charge in [-0.2, -0.15) is 0 Å². The molecule has 0 radical (unpaired) electrons. The molecule has 1 aliphatic rings. The maximum Gasteiger partial charge on any atom is 0.341 e. The highest BCUT2D eigenvalue weighted by molar-refractivity contribution is 6.01. The number of carbonyl (C=O) groups excluding carboxylic acids is 1. The van der Waals surface area contributed by atoms with E-state index in [0.717, 1.165) is 30.5 Å². The van der Waals surface area contributed by atoms with E-state index in [9.17, 15) is 9.59 Å². The summed E-state index contributed by atoms with van der Waals surface area (Å²) in [5.41, 5.74) is 2.58. The van der Waals surface area contributed by atoms with Crippen LogP contribution >= 0.6 is 0 Å². The number of aryl methyl sites for hydroxylation is 1. The minimum Gasteiger partial charge on any atom is -0.482 e. The summed E-state index contributed by atoms with van der Waals surface area (Å²) >= 11 is 0. The highest BCUT2D eigenvalue weighted by Gasteiger charge is 2.40. The predicted molar refractivity (Wildman–Crippen MR) is 99.7 cm³/mol. The molecule has 0 fully saturated rings. The van der Waals surface area contributed by atoms with Crippen molar-refractivity contribution in [2.24, 2.45) is 0 Å². The molecular formula is C21H23NO4. The third-order valence-corrected chi connectivity index (χ3v) is 5.10. The molecule has 0 aromatic heterocycles. The largest absolute Gasteiger partial charge is 0.482 e. The van der Waals surface area contributed by atoms with Crippen LogP contribution in [-0.4, -0.2) is 30.6 Å². The SMILES string of the molecule is CN(C(=O)C1(C)CCCc2ccccc21)c1ccc(OCC(=O)O)cc1. The number of benzene rings is 2. The second-order valence-electron chi connectivity index (χ2n) is 6.88. The van der Waals surface area contributed by atoms with Crippen LogP contribution in [0.3, 0.4) is 0 Å². The second kappa shape index (κ2) is 7.20. The molecular weight excluding hydrogens is 330 g/mol. The van der Waals surface area contributed by atoms with E-state index in [2.05, 4.69) is 12.1 Å². The van der Waals surface area contributed by atoms with Gasteiger partial charge in [0.15, 0.2) is 6.61 Å². The van der Waals surface area contributed by atoms with Crippen molar-refractivity contribution in [2.75, 3.05) is 18.6 Å². The molecule has 0 bridgehead atoms. The smallest absolute Gasteiger partial charge is 0.341 e. The van der Waals surface area contributed by atoms with Crippen molar-refractivity contribution in [1.82, 2.24) is 0 Å². The van der Waals surface area contributed by atoms with E-state index < -0.39 is 11.4 Å². The number of carboxylic acid groups (broad SMARTS) is 1. The number of carboxylic acids is 1. The molecule has 0 saturated heterocycles. The zero-order chi connectivity index (χ0) is 18.7. The van der Waals surface area contributed by atoms with Gasteiger partial charge in [0.1, 0.15) is 5.75 Å². The van der Waals surface area contributed by atoms with Gasteiger partial charge in [-0.1, -0.05) is 24.3 Å². The zero-order valence-electron chi connectivity index (χ0n) is 15.1. The number of amides is 1. The van der Waals surface area contributed by atoms with Gasteiger partial charge in [-0.3, -0.25) is 4.79 Å². The standard InChI is InChI=1S/C21H23NO4/c1-21(13-5-7-15-6-3-4-8-18(15)21)20(25)22(2)16-9-11-17(12-10-16)26-14-19(23)24/h3-4,6,8-12H,5,7,13-14H2,1-2H3,(H,23,24). The molecule has 2 aromatic carbocycles. The highest BCUT2D eigenvalue weighted by Crippen LogP contribution is 2.39. The molecule has 1 atom stereocenters. The van der Waals surface area contributed by atoms with Crippen LogP contribution in [0.15, 0.2) is 48.5 Å². The van der Waals surface area contributed by atoms with Crippen molar-refractivity contribution in [3.63, 3.8) is 0 Å². The Kier molecular flexibility index (Phi) is 4.98. The van der Waals surface area contributed by atoms with Gasteiger partial charge in [0.05, 0.1) is 5.41 Å². The number of ether oxygens (including phenoxy) is 1. The minimum absolute atomic E-state index is 0.0591. The fraction of sp³-hybridized carbons (Fsp3) is 0.333. The summed E-state index contributed by atoms with van der Waals surface area (Å²) < 4.78 is 5.14. The number of hydrogen-bond acceptors (Lipinski definition) is 3. The third kappa shape index (κ3) is 3.43. The molecule has 26 heavy (non-hydrogen) atoms. The van der Waals surface area contributed by atoms with Gasteiger partial charge >= 0.3 is 5.97 Å². The van der Waals surface area contributed by atoms with Crippen LogP contribution in [0.25, 0.3) is 0 Å². The Morgan fingerprint density at radius 3 is 2.54 bits per heavy atom. The van der Waals surface area contributed by atoms with E-state index in [0.29, 0.717) is 5.75 Å². The first-order chi connectivity index (χ1) is 12.4. The third-order valence-electron chi connectivity index (χ3n) is 5.10. The summed E-state index contributed by atoms with van der Waals surface area (Å²) in [5, 5.41) is 8.67. The van der Waals surface area contributed by atoms with E-state index >= 15 is 0 Å². The van der Waals surface area contributed by atoms with Crippen LogP contribution in [0.1, 0.15) is 30.9 Å². The van der Waals surface area contributed by atoms with Gasteiger partial charge in [-0.25, -0.2) is 4.79 Å². The Labute approximate surface area is 153 Å². The molecule has 3 rings (SSSR count). The molecule has 5 heteroatoms. The lowest BCUT2D eigenvalue weighted by Crippen LogP contribution is -2.45. The number of rotatable bonds is 5. The first kappa shape index (κ1) is 18.0. The molecule has 0 aliphatic heterocycles. The Bertz CT molecular complexity index is 815. The van der Waals surface area contributed by atoms with Gasteiger partial charge < -0.3 is 14.7 Å². The maximum absolute atomic E-state index is 13.3. The van der Waals surface area contributed by atoms with Crippen molar-refractivity contribution >= 4 is 17.6 Å². The lowest BCUT2D eigenvalue weighted by Gasteiger charge is -2.37. The van der Waals surface area contributed by atoms with Gasteiger partial charge in [0, 0.05) is 12.7 Å². The second-order valence-corrected chi connectivity index (χ2v) is 6.88. The molecule has 1 N–H and O–H groups in total. The van der Waals surface area contributed by atoms with Crippen LogP contribution in [-0.2, 0) is 21.4 Å². The number of fused-ring (bicyclic) bond motifs is 1. The number of hydrogen-bond donors (Lipinski definition) is 1. The van der Waals surface area contributed by atoms with Crippen LogP contribution in [0.4, 0.5) is 5.69 Å². The van der Waals surface area contributed by atoms with Gasteiger partial charge in [-0.15, -0.1) is 0 Å². The van der Waals surface area contributed by atoms with Gasteiger partial charge in [0.25, 0.3) is 0 Å². The summed E-state index contributed by atoms with van der Waals surface area (Å²) in [6, 6.07) is 15.1. The lowest BCUT2D eigenvalue weighted by atomic mass is 9.70. The molecule has 1 unspecified atom stereocenters. The Balaban J connectivity index is 1.81. The number of aliphatic carboxylic acids is 1. The van der Waals surface area contributed by atoms with Crippen LogP contribution < -0.4 is 9.64 Å². The zero-order valence-corrected chi connectivity index (χ0v) is 15.1. The first-order valence-electron chi connectivity index (χ1n) is 8.73. The summed E-state index contributed by atoms with van der Waals surface area (Å²) in [6.07, 6.45) is 2.83. The van der Waals surface area contributed by atoms with Crippen molar-refractivity contribution in [2.45, 2.75) is 31.6 Å². The topological polar surface area (TPSA) is 66.8 Å². The van der Waals surface area contributed by atoms with Crippen molar-refractivity contribution < 1.29 is 19.4 Å². The fourth-order valence-electron chi connectivity index (χ4n) is 3.66. The Morgan fingerprint density at radius 1 is 1.15 bits per heavy atom. The molecule has 2 aromatic rings. The normalized spacial score (nSPS) is 18.7. The van der Waals surface area contributed by atoms with E-state index in [-0.39, 0.29) is 12.5 Å². The van der Waals surface area contributed by atoms with E-state index in [1.165, 1.54) is 5.56 Å². The number of likely N-dealkylation sites (N-methyl/N-ethyl adjacent to an activating group) is 1. The molecule has 5 nitrogen and oxygen atoms in total.